The van der Waals surface area contributed by atoms with Crippen LogP contribution in [0.2, 0.25) is 0 Å². The second-order valence-electron chi connectivity index (χ2n) is 5.09. The average molecular weight is 381 g/mol. The summed E-state index contributed by atoms with van der Waals surface area (Å²) in [5.74, 6) is 9.09. The van der Waals surface area contributed by atoms with Crippen LogP contribution in [0.3, 0.4) is 0 Å². The van der Waals surface area contributed by atoms with E-state index >= 15 is 0 Å². The standard InChI is InChI=1S/C9H12N2O4.C7H11N3O2/c1-3-15-9(13)7-6(8(12)14-2)4-5-11(7)10;1-12-4-5-2-3-10(9)6(5)7(8)11/h4-5H,3,10H2,1-2H3;2-3H,4,9H2,1H3,(H2,8,11). The molecule has 2 aromatic heterocycles. The molecule has 0 saturated carbocycles. The molecule has 0 bridgehead atoms. The van der Waals surface area contributed by atoms with Crippen molar-refractivity contribution in [1.82, 2.24) is 9.35 Å². The van der Waals surface area contributed by atoms with Crippen molar-refractivity contribution in [2.75, 3.05) is 32.5 Å². The molecule has 0 spiro atoms. The first-order valence-corrected chi connectivity index (χ1v) is 7.74. The van der Waals surface area contributed by atoms with Gasteiger partial charge in [-0.3, -0.25) is 14.1 Å². The summed E-state index contributed by atoms with van der Waals surface area (Å²) in [5, 5.41) is 0. The van der Waals surface area contributed by atoms with Gasteiger partial charge in [0.2, 0.25) is 0 Å². The highest BCUT2D eigenvalue weighted by Gasteiger charge is 2.22. The SMILES string of the molecule is CCOC(=O)c1c(C(=O)OC)ccn1N.COCc1ccn(N)c1C(N)=O. The second kappa shape index (κ2) is 9.87. The average Bonchev–Trinajstić information content (AvgIpc) is 3.18. The van der Waals surface area contributed by atoms with Gasteiger partial charge in [0, 0.05) is 25.1 Å². The molecule has 11 heteroatoms. The molecule has 2 rings (SSSR count). The van der Waals surface area contributed by atoms with E-state index in [-0.39, 0.29) is 23.6 Å². The number of amides is 1. The number of nitrogen functional groups attached to an aromatic ring is 2. The van der Waals surface area contributed by atoms with E-state index < -0.39 is 17.8 Å². The zero-order valence-electron chi connectivity index (χ0n) is 15.3. The summed E-state index contributed by atoms with van der Waals surface area (Å²) in [4.78, 5) is 33.5. The van der Waals surface area contributed by atoms with Gasteiger partial charge in [-0.2, -0.15) is 0 Å². The predicted molar refractivity (Wildman–Crippen MR) is 95.7 cm³/mol. The maximum Gasteiger partial charge on any atom is 0.357 e. The Morgan fingerprint density at radius 3 is 2.11 bits per heavy atom. The smallest absolute Gasteiger partial charge is 0.357 e. The summed E-state index contributed by atoms with van der Waals surface area (Å²) in [6.07, 6.45) is 2.95. The summed E-state index contributed by atoms with van der Waals surface area (Å²) in [6, 6.07) is 3.10. The van der Waals surface area contributed by atoms with Crippen molar-refractivity contribution in [1.29, 1.82) is 0 Å². The molecule has 2 aromatic rings. The van der Waals surface area contributed by atoms with Gasteiger partial charge in [-0.05, 0) is 19.1 Å². The molecule has 0 aliphatic heterocycles. The number of esters is 2. The molecule has 0 atom stereocenters. The number of aromatic nitrogens is 2. The highest BCUT2D eigenvalue weighted by atomic mass is 16.5. The minimum absolute atomic E-state index is 0.0105. The van der Waals surface area contributed by atoms with E-state index in [9.17, 15) is 14.4 Å². The van der Waals surface area contributed by atoms with Gasteiger partial charge in [-0.15, -0.1) is 0 Å². The number of primary amides is 1. The van der Waals surface area contributed by atoms with Gasteiger partial charge in [-0.1, -0.05) is 0 Å². The van der Waals surface area contributed by atoms with Gasteiger partial charge < -0.3 is 31.6 Å². The molecule has 1 amide bonds. The lowest BCUT2D eigenvalue weighted by molar-refractivity contribution is 0.0495. The van der Waals surface area contributed by atoms with E-state index in [1.54, 1.807) is 26.3 Å². The van der Waals surface area contributed by atoms with Crippen LogP contribution >= 0.6 is 0 Å². The van der Waals surface area contributed by atoms with Gasteiger partial charge in [-0.25, -0.2) is 9.59 Å². The molecule has 148 valence electrons. The van der Waals surface area contributed by atoms with Crippen LogP contribution in [-0.4, -0.2) is 48.0 Å². The molecule has 0 fully saturated rings. The molecule has 0 saturated heterocycles. The first-order chi connectivity index (χ1) is 12.8. The molecule has 0 radical (unpaired) electrons. The van der Waals surface area contributed by atoms with Gasteiger partial charge in [0.25, 0.3) is 5.91 Å². The summed E-state index contributed by atoms with van der Waals surface area (Å²) < 4.78 is 16.3. The molecule has 2 heterocycles. The maximum atomic E-state index is 11.4. The Morgan fingerprint density at radius 2 is 1.59 bits per heavy atom. The van der Waals surface area contributed by atoms with Crippen LogP contribution in [0.5, 0.6) is 0 Å². The third-order valence-corrected chi connectivity index (χ3v) is 3.32. The number of hydrogen-bond donors (Lipinski definition) is 3. The van der Waals surface area contributed by atoms with E-state index in [4.69, 9.17) is 26.9 Å². The fraction of sp³-hybridized carbons (Fsp3) is 0.312. The van der Waals surface area contributed by atoms with Crippen LogP contribution in [0.25, 0.3) is 0 Å². The van der Waals surface area contributed by atoms with Crippen molar-refractivity contribution in [3.63, 3.8) is 0 Å². The topological polar surface area (TPSA) is 167 Å². The fourth-order valence-electron chi connectivity index (χ4n) is 2.18. The minimum Gasteiger partial charge on any atom is -0.465 e. The molecular weight excluding hydrogens is 358 g/mol. The third-order valence-electron chi connectivity index (χ3n) is 3.32. The van der Waals surface area contributed by atoms with Gasteiger partial charge in [0.15, 0.2) is 5.69 Å². The number of nitrogens with zero attached hydrogens (tertiary/aromatic N) is 2. The van der Waals surface area contributed by atoms with Crippen LogP contribution < -0.4 is 17.4 Å². The van der Waals surface area contributed by atoms with Crippen LogP contribution in [-0.2, 0) is 20.8 Å². The largest absolute Gasteiger partial charge is 0.465 e. The number of carbonyl (C=O) groups excluding carboxylic acids is 3. The Hall–Kier alpha value is -3.47. The molecular formula is C16H23N5O6. The fourth-order valence-corrected chi connectivity index (χ4v) is 2.18. The number of methoxy groups -OCH3 is 2. The van der Waals surface area contributed by atoms with E-state index in [1.807, 2.05) is 0 Å². The molecule has 0 aliphatic rings. The van der Waals surface area contributed by atoms with Crippen LogP contribution in [0.1, 0.15) is 43.8 Å². The van der Waals surface area contributed by atoms with Crippen molar-refractivity contribution in [2.45, 2.75) is 13.5 Å². The van der Waals surface area contributed by atoms with Crippen molar-refractivity contribution in [3.8, 4) is 0 Å². The van der Waals surface area contributed by atoms with E-state index in [0.717, 1.165) is 4.68 Å². The quantitative estimate of drug-likeness (QED) is 0.449. The summed E-state index contributed by atoms with van der Waals surface area (Å²) in [5.41, 5.74) is 6.17. The molecule has 27 heavy (non-hydrogen) atoms. The molecule has 11 nitrogen and oxygen atoms in total. The first kappa shape index (κ1) is 21.6. The van der Waals surface area contributed by atoms with Crippen molar-refractivity contribution in [3.05, 3.63) is 47.0 Å². The Kier molecular flexibility index (Phi) is 7.89. The Labute approximate surface area is 155 Å². The maximum absolute atomic E-state index is 11.4. The van der Waals surface area contributed by atoms with Crippen LogP contribution in [0.4, 0.5) is 0 Å². The first-order valence-electron chi connectivity index (χ1n) is 7.74. The summed E-state index contributed by atoms with van der Waals surface area (Å²) in [7, 11) is 2.77. The van der Waals surface area contributed by atoms with Crippen LogP contribution in [0, 0.1) is 0 Å². The lowest BCUT2D eigenvalue weighted by Gasteiger charge is -2.05. The van der Waals surface area contributed by atoms with Crippen LogP contribution in [0.15, 0.2) is 24.5 Å². The van der Waals surface area contributed by atoms with E-state index in [2.05, 4.69) is 4.74 Å². The third kappa shape index (κ3) is 5.25. The Morgan fingerprint density at radius 1 is 1.00 bits per heavy atom. The number of rotatable bonds is 6. The zero-order valence-corrected chi connectivity index (χ0v) is 15.3. The second-order valence-corrected chi connectivity index (χ2v) is 5.09. The Bertz CT molecular complexity index is 810. The molecule has 0 unspecified atom stereocenters. The highest BCUT2D eigenvalue weighted by Crippen LogP contribution is 2.11. The van der Waals surface area contributed by atoms with E-state index in [0.29, 0.717) is 12.2 Å². The van der Waals surface area contributed by atoms with Crippen molar-refractivity contribution >= 4 is 17.8 Å². The number of hydrogen-bond acceptors (Lipinski definition) is 8. The molecule has 0 aliphatic carbocycles. The van der Waals surface area contributed by atoms with Crippen molar-refractivity contribution in [2.24, 2.45) is 5.73 Å². The predicted octanol–water partition coefficient (Wildman–Crippen LogP) is -0.388. The summed E-state index contributed by atoms with van der Waals surface area (Å²) >= 11 is 0. The van der Waals surface area contributed by atoms with E-state index in [1.165, 1.54) is 24.0 Å². The lowest BCUT2D eigenvalue weighted by atomic mass is 10.2. The van der Waals surface area contributed by atoms with Gasteiger partial charge >= 0.3 is 11.9 Å². The zero-order chi connectivity index (χ0) is 20.6. The van der Waals surface area contributed by atoms with Gasteiger partial charge in [0.1, 0.15) is 5.69 Å². The Balaban J connectivity index is 0.000000277. The number of ether oxygens (including phenoxy) is 3. The van der Waals surface area contributed by atoms with Crippen molar-refractivity contribution < 1.29 is 28.6 Å². The highest BCUT2D eigenvalue weighted by molar-refractivity contribution is 6.02. The number of carbonyl (C=O) groups is 3. The lowest BCUT2D eigenvalue weighted by Crippen LogP contribution is -2.22. The summed E-state index contributed by atoms with van der Waals surface area (Å²) in [6.45, 7) is 2.21. The molecule has 6 N–H and O–H groups in total. The normalized spacial score (nSPS) is 9.89. The molecule has 0 aromatic carbocycles. The minimum atomic E-state index is -0.648. The number of nitrogens with two attached hydrogens (primary N) is 3. The van der Waals surface area contributed by atoms with Gasteiger partial charge in [0.05, 0.1) is 25.9 Å². The monoisotopic (exact) mass is 381 g/mol.